The van der Waals surface area contributed by atoms with Gasteiger partial charge in [0.05, 0.1) is 11.9 Å². The van der Waals surface area contributed by atoms with Crippen molar-refractivity contribution in [1.82, 2.24) is 0 Å². The number of benzene rings is 1. The number of unbranched alkanes of at least 4 members (excludes halogenated alkanes) is 1. The fourth-order valence-electron chi connectivity index (χ4n) is 2.01. The van der Waals surface area contributed by atoms with Crippen molar-refractivity contribution >= 4 is 24.3 Å². The quantitative estimate of drug-likeness (QED) is 0.739. The third kappa shape index (κ3) is 3.22. The number of allylic oxidation sites excluding steroid dienone is 1. The van der Waals surface area contributed by atoms with Gasteiger partial charge in [-0.15, -0.1) is 0 Å². The van der Waals surface area contributed by atoms with Gasteiger partial charge in [-0.3, -0.25) is 4.57 Å². The number of rotatable bonds is 5. The first kappa shape index (κ1) is 14.6. The molecule has 0 radical (unpaired) electrons. The summed E-state index contributed by atoms with van der Waals surface area (Å²) in [6.45, 7) is 4.33. The molecule has 1 heterocycles. The van der Waals surface area contributed by atoms with E-state index in [0.717, 1.165) is 25.0 Å². The lowest BCUT2D eigenvalue weighted by atomic mass is 10.2. The lowest BCUT2D eigenvalue weighted by molar-refractivity contribution is 0.338. The van der Waals surface area contributed by atoms with Gasteiger partial charge in [-0.25, -0.2) is 0 Å². The van der Waals surface area contributed by atoms with Gasteiger partial charge in [0.1, 0.15) is 11.5 Å². The number of ether oxygens (including phenoxy) is 1. The molecule has 5 heteroatoms. The van der Waals surface area contributed by atoms with E-state index in [1.165, 1.54) is 0 Å². The minimum atomic E-state index is -3.00. The highest BCUT2D eigenvalue weighted by Crippen LogP contribution is 2.54. The van der Waals surface area contributed by atoms with Crippen molar-refractivity contribution in [2.75, 3.05) is 6.61 Å². The minimum absolute atomic E-state index is 0.390. The van der Waals surface area contributed by atoms with Gasteiger partial charge in [0, 0.05) is 17.3 Å². The molecule has 0 fully saturated rings. The molecule has 0 bridgehead atoms. The molecule has 3 nitrogen and oxygen atoms in total. The normalized spacial score (nSPS) is 21.5. The second kappa shape index (κ2) is 6.13. The van der Waals surface area contributed by atoms with E-state index in [2.05, 4.69) is 6.92 Å². The molecule has 1 aromatic carbocycles. The molecule has 1 aliphatic heterocycles. The smallest absolute Gasteiger partial charge is 0.261 e. The van der Waals surface area contributed by atoms with Crippen molar-refractivity contribution in [3.05, 3.63) is 34.8 Å². The molecule has 1 aliphatic rings. The molecule has 0 saturated carbocycles. The first-order valence-electron chi connectivity index (χ1n) is 6.53. The van der Waals surface area contributed by atoms with E-state index in [1.807, 2.05) is 6.92 Å². The second-order valence-corrected chi connectivity index (χ2v) is 7.06. The van der Waals surface area contributed by atoms with Crippen molar-refractivity contribution in [3.63, 3.8) is 0 Å². The number of fused-ring (bicyclic) bond motifs is 1. The van der Waals surface area contributed by atoms with Gasteiger partial charge in [0.25, 0.3) is 7.37 Å². The Bertz CT molecular complexity index is 539. The molecular weight excluding hydrogens is 283 g/mol. The lowest BCUT2D eigenvalue weighted by Gasteiger charge is -2.25. The van der Waals surface area contributed by atoms with Crippen molar-refractivity contribution in [3.8, 4) is 5.75 Å². The van der Waals surface area contributed by atoms with Crippen LogP contribution in [0.5, 0.6) is 5.75 Å². The third-order valence-electron chi connectivity index (χ3n) is 2.91. The van der Waals surface area contributed by atoms with Crippen molar-refractivity contribution in [1.29, 1.82) is 0 Å². The van der Waals surface area contributed by atoms with Gasteiger partial charge in [-0.1, -0.05) is 24.9 Å². The minimum Gasteiger partial charge on any atom is -0.461 e. The molecule has 1 atom stereocenters. The van der Waals surface area contributed by atoms with Gasteiger partial charge in [-0.05, 0) is 31.5 Å². The van der Waals surface area contributed by atoms with E-state index < -0.39 is 7.37 Å². The average Bonchev–Trinajstić information content (AvgIpc) is 2.37. The molecule has 1 unspecified atom stereocenters. The topological polar surface area (TPSA) is 35.5 Å². The molecule has 2 rings (SSSR count). The molecule has 0 aromatic heterocycles. The highest BCUT2D eigenvalue weighted by molar-refractivity contribution is 7.70. The first-order valence-corrected chi connectivity index (χ1v) is 8.60. The molecule has 0 spiro atoms. The largest absolute Gasteiger partial charge is 0.461 e. The molecule has 0 N–H and O–H groups in total. The fourth-order valence-corrected chi connectivity index (χ4v) is 4.30. The number of halogens is 1. The van der Waals surface area contributed by atoms with Crippen molar-refractivity contribution in [2.45, 2.75) is 33.1 Å². The maximum atomic E-state index is 12.9. The SMILES string of the molecule is CCCCC1=CP(=O)(OCC)c2cc(Cl)ccc2O1. The Morgan fingerprint density at radius 3 is 2.84 bits per heavy atom. The number of hydrogen-bond acceptors (Lipinski definition) is 3. The van der Waals surface area contributed by atoms with E-state index in [4.69, 9.17) is 20.9 Å². The summed E-state index contributed by atoms with van der Waals surface area (Å²) in [7, 11) is -3.00. The Hall–Kier alpha value is -0.760. The van der Waals surface area contributed by atoms with Crippen LogP contribution in [0.1, 0.15) is 33.1 Å². The maximum Gasteiger partial charge on any atom is 0.261 e. The van der Waals surface area contributed by atoms with Gasteiger partial charge >= 0.3 is 0 Å². The van der Waals surface area contributed by atoms with E-state index in [1.54, 1.807) is 24.0 Å². The van der Waals surface area contributed by atoms with E-state index in [0.29, 0.717) is 22.7 Å². The molecule has 0 amide bonds. The molecule has 0 saturated heterocycles. The summed E-state index contributed by atoms with van der Waals surface area (Å²) in [5.41, 5.74) is 0. The van der Waals surface area contributed by atoms with E-state index in [-0.39, 0.29) is 0 Å². The fraction of sp³-hybridized carbons (Fsp3) is 0.429. The number of hydrogen-bond donors (Lipinski definition) is 0. The van der Waals surface area contributed by atoms with Crippen molar-refractivity contribution in [2.24, 2.45) is 0 Å². The molecular formula is C14H18ClO3P. The zero-order chi connectivity index (χ0) is 13.9. The highest BCUT2D eigenvalue weighted by Gasteiger charge is 2.32. The second-order valence-electron chi connectivity index (χ2n) is 4.43. The van der Waals surface area contributed by atoms with Gasteiger partial charge in [-0.2, -0.15) is 0 Å². The Balaban J connectivity index is 2.41. The summed E-state index contributed by atoms with van der Waals surface area (Å²) in [4.78, 5) is 0. The van der Waals surface area contributed by atoms with Crippen molar-refractivity contribution < 1.29 is 13.8 Å². The van der Waals surface area contributed by atoms with Crippen LogP contribution >= 0.6 is 19.0 Å². The zero-order valence-corrected chi connectivity index (χ0v) is 12.8. The molecule has 1 aromatic rings. The first-order chi connectivity index (χ1) is 9.09. The Labute approximate surface area is 119 Å². The third-order valence-corrected chi connectivity index (χ3v) is 5.44. The van der Waals surface area contributed by atoms with Crippen LogP contribution < -0.4 is 10.0 Å². The summed E-state index contributed by atoms with van der Waals surface area (Å²) >= 11 is 5.97. The van der Waals surface area contributed by atoms with Gasteiger partial charge < -0.3 is 9.26 Å². The Kier molecular flexibility index (Phi) is 4.72. The van der Waals surface area contributed by atoms with Crippen LogP contribution in [-0.4, -0.2) is 6.61 Å². The van der Waals surface area contributed by atoms with Crippen LogP contribution in [0.3, 0.4) is 0 Å². The molecule has 0 aliphatic carbocycles. The summed E-state index contributed by atoms with van der Waals surface area (Å²) in [6.07, 6.45) is 2.84. The predicted molar refractivity (Wildman–Crippen MR) is 78.6 cm³/mol. The summed E-state index contributed by atoms with van der Waals surface area (Å²) in [5.74, 6) is 2.97. The monoisotopic (exact) mass is 300 g/mol. The Morgan fingerprint density at radius 1 is 1.37 bits per heavy atom. The van der Waals surface area contributed by atoms with Crippen LogP contribution in [-0.2, 0) is 9.09 Å². The summed E-state index contributed by atoms with van der Waals surface area (Å²) in [5, 5.41) is 1.09. The van der Waals surface area contributed by atoms with Crippen LogP contribution in [0.25, 0.3) is 0 Å². The van der Waals surface area contributed by atoms with E-state index in [9.17, 15) is 4.57 Å². The maximum absolute atomic E-state index is 12.9. The molecule has 19 heavy (non-hydrogen) atoms. The standard InChI is InChI=1S/C14H18ClO3P/c1-3-5-6-12-10-19(16,17-4-2)14-9-11(15)7-8-13(14)18-12/h7-10H,3-6H2,1-2H3. The summed E-state index contributed by atoms with van der Waals surface area (Å²) < 4.78 is 24.2. The van der Waals surface area contributed by atoms with Crippen LogP contribution in [0.2, 0.25) is 5.02 Å². The molecule has 104 valence electrons. The van der Waals surface area contributed by atoms with Crippen LogP contribution in [0, 0.1) is 0 Å². The van der Waals surface area contributed by atoms with Gasteiger partial charge in [0.15, 0.2) is 0 Å². The average molecular weight is 301 g/mol. The highest BCUT2D eigenvalue weighted by atomic mass is 35.5. The summed E-state index contributed by atoms with van der Waals surface area (Å²) in [6, 6.07) is 5.15. The lowest BCUT2D eigenvalue weighted by Crippen LogP contribution is -2.16. The Morgan fingerprint density at radius 2 is 2.16 bits per heavy atom. The van der Waals surface area contributed by atoms with Gasteiger partial charge in [0.2, 0.25) is 0 Å². The van der Waals surface area contributed by atoms with E-state index >= 15 is 0 Å². The zero-order valence-electron chi connectivity index (χ0n) is 11.2. The predicted octanol–water partition coefficient (Wildman–Crippen LogP) is 4.70. The van der Waals surface area contributed by atoms with Crippen LogP contribution in [0.15, 0.2) is 29.8 Å². The van der Waals surface area contributed by atoms with Crippen LogP contribution in [0.4, 0.5) is 0 Å².